The number of hydrogen-bond acceptors (Lipinski definition) is 5. The van der Waals surface area contributed by atoms with Gasteiger partial charge in [-0.15, -0.1) is 0 Å². The van der Waals surface area contributed by atoms with Gasteiger partial charge in [-0.3, -0.25) is 4.90 Å². The molecule has 2 heterocycles. The standard InChI is InChI=1S/C27H35N3O4/c1-27(2,3)34-25(31)28-23-14-16-30(26(32)33-19-20-9-5-4-6-10-20)18-24(23)29-15-13-21-11-7-8-12-22(21)17-29/h4-12,23-24H,13-19H2,1-3H3,(H,28,31). The second-order valence-corrected chi connectivity index (χ2v) is 10.1. The predicted molar refractivity (Wildman–Crippen MR) is 130 cm³/mol. The van der Waals surface area contributed by atoms with Gasteiger partial charge in [0, 0.05) is 32.2 Å². The number of carbonyl (C=O) groups is 2. The molecule has 34 heavy (non-hydrogen) atoms. The Hall–Kier alpha value is -3.06. The second kappa shape index (κ2) is 10.5. The van der Waals surface area contributed by atoms with Gasteiger partial charge in [-0.25, -0.2) is 9.59 Å². The number of piperidine rings is 1. The Morgan fingerprint density at radius 2 is 1.71 bits per heavy atom. The highest BCUT2D eigenvalue weighted by molar-refractivity contribution is 5.69. The molecule has 4 rings (SSSR count). The number of benzene rings is 2. The first-order valence-corrected chi connectivity index (χ1v) is 12.0. The number of nitrogens with zero attached hydrogens (tertiary/aromatic N) is 2. The van der Waals surface area contributed by atoms with Crippen molar-refractivity contribution in [1.29, 1.82) is 0 Å². The molecular formula is C27H35N3O4. The molecule has 7 heteroatoms. The van der Waals surface area contributed by atoms with Crippen LogP contribution in [-0.4, -0.2) is 59.3 Å². The van der Waals surface area contributed by atoms with Gasteiger partial charge < -0.3 is 19.7 Å². The van der Waals surface area contributed by atoms with E-state index in [1.807, 2.05) is 51.1 Å². The van der Waals surface area contributed by atoms with E-state index in [4.69, 9.17) is 9.47 Å². The van der Waals surface area contributed by atoms with E-state index in [0.717, 1.165) is 25.1 Å². The van der Waals surface area contributed by atoms with E-state index < -0.39 is 11.7 Å². The molecule has 1 N–H and O–H groups in total. The number of amides is 2. The van der Waals surface area contributed by atoms with Crippen LogP contribution in [0.25, 0.3) is 0 Å². The first kappa shape index (κ1) is 24.1. The Morgan fingerprint density at radius 3 is 2.44 bits per heavy atom. The van der Waals surface area contributed by atoms with Gasteiger partial charge in [-0.2, -0.15) is 0 Å². The highest BCUT2D eigenvalue weighted by Crippen LogP contribution is 2.25. The average Bonchev–Trinajstić information content (AvgIpc) is 2.82. The Kier molecular flexibility index (Phi) is 7.41. The van der Waals surface area contributed by atoms with Crippen LogP contribution in [0.2, 0.25) is 0 Å². The van der Waals surface area contributed by atoms with E-state index in [2.05, 4.69) is 34.5 Å². The summed E-state index contributed by atoms with van der Waals surface area (Å²) in [6.07, 6.45) is 0.856. The monoisotopic (exact) mass is 465 g/mol. The van der Waals surface area contributed by atoms with Crippen LogP contribution in [0.3, 0.4) is 0 Å². The minimum Gasteiger partial charge on any atom is -0.445 e. The molecule has 0 saturated carbocycles. The van der Waals surface area contributed by atoms with Crippen molar-refractivity contribution < 1.29 is 19.1 Å². The first-order valence-electron chi connectivity index (χ1n) is 12.0. The summed E-state index contributed by atoms with van der Waals surface area (Å²) in [6.45, 7) is 8.51. The van der Waals surface area contributed by atoms with Crippen LogP contribution < -0.4 is 5.32 Å². The average molecular weight is 466 g/mol. The number of likely N-dealkylation sites (tertiary alicyclic amines) is 1. The van der Waals surface area contributed by atoms with Crippen LogP contribution in [0.1, 0.15) is 43.9 Å². The topological polar surface area (TPSA) is 71.1 Å². The summed E-state index contributed by atoms with van der Waals surface area (Å²) in [5.41, 5.74) is 3.06. The summed E-state index contributed by atoms with van der Waals surface area (Å²) in [4.78, 5) is 29.6. The summed E-state index contributed by atoms with van der Waals surface area (Å²) in [5.74, 6) is 0. The summed E-state index contributed by atoms with van der Waals surface area (Å²) < 4.78 is 11.1. The van der Waals surface area contributed by atoms with Gasteiger partial charge in [0.1, 0.15) is 12.2 Å². The van der Waals surface area contributed by atoms with Crippen LogP contribution in [0.4, 0.5) is 9.59 Å². The summed E-state index contributed by atoms with van der Waals surface area (Å²) in [7, 11) is 0. The van der Waals surface area contributed by atoms with Crippen LogP contribution in [-0.2, 0) is 29.0 Å². The van der Waals surface area contributed by atoms with Crippen LogP contribution in [0, 0.1) is 0 Å². The number of ether oxygens (including phenoxy) is 2. The molecule has 2 aliphatic heterocycles. The highest BCUT2D eigenvalue weighted by atomic mass is 16.6. The third-order valence-electron chi connectivity index (χ3n) is 6.38. The van der Waals surface area contributed by atoms with Crippen LogP contribution in [0.15, 0.2) is 54.6 Å². The number of fused-ring (bicyclic) bond motifs is 1. The molecular weight excluding hydrogens is 430 g/mol. The van der Waals surface area contributed by atoms with Crippen molar-refractivity contribution in [2.24, 2.45) is 0 Å². The smallest absolute Gasteiger partial charge is 0.410 e. The quantitative estimate of drug-likeness (QED) is 0.727. The van der Waals surface area contributed by atoms with Gasteiger partial charge in [-0.1, -0.05) is 54.6 Å². The third-order valence-corrected chi connectivity index (χ3v) is 6.38. The maximum Gasteiger partial charge on any atom is 0.410 e. The Morgan fingerprint density at radius 1 is 1.00 bits per heavy atom. The summed E-state index contributed by atoms with van der Waals surface area (Å²) >= 11 is 0. The molecule has 0 radical (unpaired) electrons. The lowest BCUT2D eigenvalue weighted by molar-refractivity contribution is 0.0264. The number of carbonyl (C=O) groups excluding carboxylic acids is 2. The lowest BCUT2D eigenvalue weighted by atomic mass is 9.93. The van der Waals surface area contributed by atoms with Gasteiger partial charge in [0.05, 0.1) is 6.04 Å². The maximum atomic E-state index is 12.9. The molecule has 1 saturated heterocycles. The number of alkyl carbamates (subject to hydrolysis) is 1. The highest BCUT2D eigenvalue weighted by Gasteiger charge is 2.38. The van der Waals surface area contributed by atoms with Crippen molar-refractivity contribution in [3.63, 3.8) is 0 Å². The first-order chi connectivity index (χ1) is 16.3. The van der Waals surface area contributed by atoms with Crippen molar-refractivity contribution >= 4 is 12.2 Å². The second-order valence-electron chi connectivity index (χ2n) is 10.1. The molecule has 2 amide bonds. The molecule has 0 aromatic heterocycles. The lowest BCUT2D eigenvalue weighted by Gasteiger charge is -2.45. The molecule has 2 aliphatic rings. The number of rotatable bonds is 4. The normalized spacial score (nSPS) is 20.9. The zero-order chi connectivity index (χ0) is 24.1. The summed E-state index contributed by atoms with van der Waals surface area (Å²) in [5, 5.41) is 3.08. The fourth-order valence-corrected chi connectivity index (χ4v) is 4.71. The zero-order valence-corrected chi connectivity index (χ0v) is 20.3. The maximum absolute atomic E-state index is 12.9. The van der Waals surface area contributed by atoms with Crippen molar-refractivity contribution in [3.05, 3.63) is 71.3 Å². The van der Waals surface area contributed by atoms with E-state index in [1.165, 1.54) is 11.1 Å². The van der Waals surface area contributed by atoms with Gasteiger partial charge >= 0.3 is 12.2 Å². The van der Waals surface area contributed by atoms with Crippen molar-refractivity contribution in [2.75, 3.05) is 19.6 Å². The van der Waals surface area contributed by atoms with Gasteiger partial charge in [0.2, 0.25) is 0 Å². The molecule has 2 atom stereocenters. The van der Waals surface area contributed by atoms with Crippen molar-refractivity contribution in [3.8, 4) is 0 Å². The number of hydrogen-bond donors (Lipinski definition) is 1. The predicted octanol–water partition coefficient (Wildman–Crippen LogP) is 4.35. The Labute approximate surface area is 202 Å². The Balaban J connectivity index is 1.45. The number of nitrogens with one attached hydrogen (secondary N) is 1. The molecule has 0 bridgehead atoms. The van der Waals surface area contributed by atoms with Crippen LogP contribution >= 0.6 is 0 Å². The molecule has 2 aromatic rings. The third kappa shape index (κ3) is 6.29. The Bertz CT molecular complexity index is 989. The molecule has 0 aliphatic carbocycles. The van der Waals surface area contributed by atoms with Gasteiger partial charge in [0.25, 0.3) is 0 Å². The van der Waals surface area contributed by atoms with Crippen molar-refractivity contribution in [2.45, 2.75) is 64.4 Å². The molecule has 2 unspecified atom stereocenters. The molecule has 1 fully saturated rings. The van der Waals surface area contributed by atoms with Gasteiger partial charge in [0.15, 0.2) is 0 Å². The fourth-order valence-electron chi connectivity index (χ4n) is 4.71. The van der Waals surface area contributed by atoms with E-state index in [0.29, 0.717) is 19.5 Å². The minimum atomic E-state index is -0.564. The minimum absolute atomic E-state index is 0.0288. The SMILES string of the molecule is CC(C)(C)OC(=O)NC1CCN(C(=O)OCc2ccccc2)CC1N1CCc2ccccc2C1. The largest absolute Gasteiger partial charge is 0.445 e. The zero-order valence-electron chi connectivity index (χ0n) is 20.3. The van der Waals surface area contributed by atoms with Crippen LogP contribution in [0.5, 0.6) is 0 Å². The molecule has 7 nitrogen and oxygen atoms in total. The summed E-state index contributed by atoms with van der Waals surface area (Å²) in [6, 6.07) is 18.0. The molecule has 182 valence electrons. The molecule has 2 aromatic carbocycles. The van der Waals surface area contributed by atoms with Gasteiger partial charge in [-0.05, 0) is 50.3 Å². The van der Waals surface area contributed by atoms with E-state index >= 15 is 0 Å². The lowest BCUT2D eigenvalue weighted by Crippen LogP contribution is -2.62. The van der Waals surface area contributed by atoms with E-state index in [9.17, 15) is 9.59 Å². The van der Waals surface area contributed by atoms with E-state index in [1.54, 1.807) is 4.90 Å². The fraction of sp³-hybridized carbons (Fsp3) is 0.481. The van der Waals surface area contributed by atoms with Crippen molar-refractivity contribution in [1.82, 2.24) is 15.1 Å². The molecule has 0 spiro atoms. The van der Waals surface area contributed by atoms with E-state index in [-0.39, 0.29) is 24.8 Å².